The number of hydrogen-bond acceptors (Lipinski definition) is 4. The summed E-state index contributed by atoms with van der Waals surface area (Å²) in [6.45, 7) is -0.0522. The van der Waals surface area contributed by atoms with Crippen molar-refractivity contribution in [3.05, 3.63) is 158 Å². The Balaban J connectivity index is 1.10. The van der Waals surface area contributed by atoms with Gasteiger partial charge < -0.3 is 18.8 Å². The van der Waals surface area contributed by atoms with Gasteiger partial charge in [-0.3, -0.25) is 0 Å². The van der Waals surface area contributed by atoms with Crippen LogP contribution in [-0.2, 0) is 0 Å². The third-order valence-electron chi connectivity index (χ3n) is 10.1. The summed E-state index contributed by atoms with van der Waals surface area (Å²) >= 11 is 0. The fraction of sp³-hybridized carbons (Fsp3) is 0. The highest BCUT2D eigenvalue weighted by molar-refractivity contribution is 6.99. The number of rotatable bonds is 3. The van der Waals surface area contributed by atoms with Gasteiger partial charge in [0.1, 0.15) is 34.2 Å². The highest BCUT2D eigenvalue weighted by Gasteiger charge is 2.41. The zero-order chi connectivity index (χ0) is 32.1. The van der Waals surface area contributed by atoms with Crippen molar-refractivity contribution in [3.8, 4) is 23.0 Å². The summed E-state index contributed by atoms with van der Waals surface area (Å²) in [5.74, 6) is 3.40. The second kappa shape index (κ2) is 10.0. The Morgan fingerprint density at radius 2 is 1.08 bits per heavy atom. The van der Waals surface area contributed by atoms with E-state index in [-0.39, 0.29) is 6.71 Å². The maximum absolute atomic E-state index is 6.81. The van der Waals surface area contributed by atoms with Gasteiger partial charge in [-0.05, 0) is 106 Å². The lowest BCUT2D eigenvalue weighted by molar-refractivity contribution is 0.465. The van der Waals surface area contributed by atoms with E-state index in [0.29, 0.717) is 0 Å². The summed E-state index contributed by atoms with van der Waals surface area (Å²) in [5.41, 5.74) is 8.33. The van der Waals surface area contributed by atoms with E-state index in [2.05, 4.69) is 144 Å². The minimum atomic E-state index is -0.0522. The number of nitrogens with zero attached hydrogens (tertiary/aromatic N) is 1. The molecular weight excluding hydrogens is 601 g/mol. The van der Waals surface area contributed by atoms with Crippen LogP contribution in [0.5, 0.6) is 23.0 Å². The monoisotopic (exact) mass is 627 g/mol. The number of furan rings is 1. The standard InChI is InChI=1S/C44H26BNO3/c1-3-11-29(12-4-1)46(30-13-5-2-6-14-30)31-20-22-33-28(24-31)18-21-34-35-25-41-36(26-40(35)49-44(33)34)45-42-32-15-8-7-10-27(32)19-23-39(42)47-37-16-9-17-38(48-41)43(37)45/h1-26H. The van der Waals surface area contributed by atoms with Gasteiger partial charge in [0, 0.05) is 38.7 Å². The van der Waals surface area contributed by atoms with Crippen LogP contribution in [0.3, 0.4) is 0 Å². The van der Waals surface area contributed by atoms with Gasteiger partial charge in [-0.25, -0.2) is 0 Å². The van der Waals surface area contributed by atoms with Gasteiger partial charge in [0.25, 0.3) is 6.71 Å². The van der Waals surface area contributed by atoms with Crippen LogP contribution >= 0.6 is 0 Å². The zero-order valence-corrected chi connectivity index (χ0v) is 26.3. The molecule has 228 valence electrons. The molecule has 2 aliphatic rings. The number of ether oxygens (including phenoxy) is 2. The quantitative estimate of drug-likeness (QED) is 0.183. The molecule has 0 saturated carbocycles. The van der Waals surface area contributed by atoms with Crippen LogP contribution in [0.1, 0.15) is 0 Å². The van der Waals surface area contributed by atoms with Gasteiger partial charge in [0.15, 0.2) is 0 Å². The van der Waals surface area contributed by atoms with Crippen LogP contribution in [0.2, 0.25) is 0 Å². The summed E-state index contributed by atoms with van der Waals surface area (Å²) in [7, 11) is 0. The third kappa shape index (κ3) is 3.87. The first-order valence-electron chi connectivity index (χ1n) is 16.6. The fourth-order valence-corrected chi connectivity index (χ4v) is 7.99. The van der Waals surface area contributed by atoms with Gasteiger partial charge in [-0.2, -0.15) is 0 Å². The molecule has 5 heteroatoms. The van der Waals surface area contributed by atoms with E-state index in [9.17, 15) is 0 Å². The van der Waals surface area contributed by atoms with E-state index >= 15 is 0 Å². The Kier molecular flexibility index (Phi) is 5.44. The Labute approximate surface area is 282 Å². The van der Waals surface area contributed by atoms with Gasteiger partial charge >= 0.3 is 0 Å². The highest BCUT2D eigenvalue weighted by atomic mass is 16.5. The molecule has 3 heterocycles. The number of benzene rings is 8. The van der Waals surface area contributed by atoms with Crippen molar-refractivity contribution in [3.63, 3.8) is 0 Å². The predicted molar refractivity (Wildman–Crippen MR) is 201 cm³/mol. The minimum absolute atomic E-state index is 0.0522. The summed E-state index contributed by atoms with van der Waals surface area (Å²) in [6.07, 6.45) is 0. The second-order valence-corrected chi connectivity index (χ2v) is 12.8. The predicted octanol–water partition coefficient (Wildman–Crippen LogP) is 10.1. The summed E-state index contributed by atoms with van der Waals surface area (Å²) in [5, 5.41) is 6.67. The number of fused-ring (bicyclic) bond motifs is 11. The molecule has 0 aliphatic carbocycles. The van der Waals surface area contributed by atoms with E-state index in [1.54, 1.807) is 0 Å². The second-order valence-electron chi connectivity index (χ2n) is 12.8. The van der Waals surface area contributed by atoms with E-state index < -0.39 is 0 Å². The minimum Gasteiger partial charge on any atom is -0.458 e. The molecule has 0 radical (unpaired) electrons. The first-order valence-corrected chi connectivity index (χ1v) is 16.6. The number of anilines is 3. The lowest BCUT2D eigenvalue weighted by atomic mass is 9.34. The average Bonchev–Trinajstić information content (AvgIpc) is 3.52. The van der Waals surface area contributed by atoms with Crippen LogP contribution in [0.15, 0.2) is 162 Å². The maximum atomic E-state index is 6.81. The molecule has 4 nitrogen and oxygen atoms in total. The van der Waals surface area contributed by atoms with Crippen molar-refractivity contribution in [1.29, 1.82) is 0 Å². The summed E-state index contributed by atoms with van der Waals surface area (Å²) in [6, 6.07) is 55.2. The van der Waals surface area contributed by atoms with Crippen molar-refractivity contribution in [2.45, 2.75) is 0 Å². The largest absolute Gasteiger partial charge is 0.458 e. The normalized spacial score (nSPS) is 12.8. The van der Waals surface area contributed by atoms with Crippen molar-refractivity contribution in [1.82, 2.24) is 0 Å². The van der Waals surface area contributed by atoms with Crippen molar-refractivity contribution >= 4 is 83.6 Å². The molecule has 8 aromatic carbocycles. The van der Waals surface area contributed by atoms with Crippen molar-refractivity contribution < 1.29 is 13.9 Å². The first-order chi connectivity index (χ1) is 24.3. The lowest BCUT2D eigenvalue weighted by Gasteiger charge is -2.33. The molecule has 0 fully saturated rings. The maximum Gasteiger partial charge on any atom is 0.261 e. The smallest absolute Gasteiger partial charge is 0.261 e. The molecule has 0 atom stereocenters. The van der Waals surface area contributed by atoms with Crippen LogP contribution in [0, 0.1) is 0 Å². The van der Waals surface area contributed by atoms with E-state index in [0.717, 1.165) is 89.2 Å². The Hall–Kier alpha value is -6.46. The Morgan fingerprint density at radius 1 is 0.408 bits per heavy atom. The molecule has 0 unspecified atom stereocenters. The lowest BCUT2D eigenvalue weighted by Crippen LogP contribution is -2.57. The van der Waals surface area contributed by atoms with Gasteiger partial charge in [0.05, 0.1) is 0 Å². The van der Waals surface area contributed by atoms with Crippen LogP contribution in [0.25, 0.3) is 43.5 Å². The molecule has 0 bridgehead atoms. The molecule has 0 saturated heterocycles. The molecule has 1 aromatic heterocycles. The summed E-state index contributed by atoms with van der Waals surface area (Å²) in [4.78, 5) is 2.29. The topological polar surface area (TPSA) is 34.8 Å². The number of hydrogen-bond donors (Lipinski definition) is 0. The molecule has 9 aromatic rings. The van der Waals surface area contributed by atoms with E-state index in [1.165, 1.54) is 10.8 Å². The zero-order valence-electron chi connectivity index (χ0n) is 26.3. The van der Waals surface area contributed by atoms with E-state index in [1.807, 2.05) is 18.2 Å². The molecule has 11 rings (SSSR count). The van der Waals surface area contributed by atoms with Crippen LogP contribution < -0.4 is 30.8 Å². The molecule has 0 spiro atoms. The van der Waals surface area contributed by atoms with Gasteiger partial charge in [0.2, 0.25) is 0 Å². The highest BCUT2D eigenvalue weighted by Crippen LogP contribution is 2.42. The van der Waals surface area contributed by atoms with Gasteiger partial charge in [-0.15, -0.1) is 0 Å². The molecule has 49 heavy (non-hydrogen) atoms. The van der Waals surface area contributed by atoms with Gasteiger partial charge in [-0.1, -0.05) is 78.9 Å². The Morgan fingerprint density at radius 3 is 1.88 bits per heavy atom. The van der Waals surface area contributed by atoms with Crippen LogP contribution in [-0.4, -0.2) is 6.71 Å². The van der Waals surface area contributed by atoms with Crippen molar-refractivity contribution in [2.75, 3.05) is 4.90 Å². The first kappa shape index (κ1) is 26.6. The molecule has 0 amide bonds. The molecule has 0 N–H and O–H groups in total. The summed E-state index contributed by atoms with van der Waals surface area (Å²) < 4.78 is 20.0. The molecular formula is C44H26BNO3. The average molecular weight is 628 g/mol. The fourth-order valence-electron chi connectivity index (χ4n) is 7.99. The van der Waals surface area contributed by atoms with Crippen LogP contribution in [0.4, 0.5) is 17.1 Å². The third-order valence-corrected chi connectivity index (χ3v) is 10.1. The number of para-hydroxylation sites is 2. The van der Waals surface area contributed by atoms with Crippen molar-refractivity contribution in [2.24, 2.45) is 0 Å². The SMILES string of the molecule is c1ccc(N(c2ccccc2)c2ccc3c(ccc4c5cc6c(cc5oc34)B3c4c(cccc4Oc4ccc5ccccc5c43)O6)c2)cc1. The Bertz CT molecular complexity index is 2750. The molecule has 2 aliphatic heterocycles. The van der Waals surface area contributed by atoms with E-state index in [4.69, 9.17) is 13.9 Å².